The lowest BCUT2D eigenvalue weighted by atomic mass is 10.1. The molecule has 0 unspecified atom stereocenters. The minimum absolute atomic E-state index is 0.0220. The van der Waals surface area contributed by atoms with Crippen LogP contribution in [0.4, 0.5) is 13.2 Å². The summed E-state index contributed by atoms with van der Waals surface area (Å²) in [6, 6.07) is 20.4. The lowest BCUT2D eigenvalue weighted by Gasteiger charge is -2.28. The molecule has 3 rings (SSSR count). The van der Waals surface area contributed by atoms with Crippen molar-refractivity contribution >= 4 is 0 Å². The van der Waals surface area contributed by atoms with Crippen LogP contribution >= 0.6 is 0 Å². The molecule has 0 N–H and O–H groups in total. The zero-order chi connectivity index (χ0) is 23.7. The van der Waals surface area contributed by atoms with E-state index >= 15 is 0 Å². The standard InChI is InChI=1S/C28H27F3NO/c1-2-3-4-5-22-6-8-23(9-7-22)10-11-24-12-14-25(15-13-24)20-32(33)21-26-16-18-27(19-17-26)28(29,30)31/h6-9,12-19H,2-5,20-21H2,1H3/q-1. The fourth-order valence-corrected chi connectivity index (χ4v) is 3.43. The van der Waals surface area contributed by atoms with Gasteiger partial charge in [0, 0.05) is 24.2 Å². The molecule has 33 heavy (non-hydrogen) atoms. The summed E-state index contributed by atoms with van der Waals surface area (Å²) in [5, 5.41) is 13.1. The monoisotopic (exact) mass is 450 g/mol. The number of hydrogen-bond acceptors (Lipinski definition) is 2. The van der Waals surface area contributed by atoms with Crippen molar-refractivity contribution in [3.05, 3.63) is 111 Å². The highest BCUT2D eigenvalue weighted by Crippen LogP contribution is 2.29. The Morgan fingerprint density at radius 3 is 1.61 bits per heavy atom. The predicted molar refractivity (Wildman–Crippen MR) is 126 cm³/mol. The van der Waals surface area contributed by atoms with Crippen molar-refractivity contribution in [1.82, 2.24) is 5.06 Å². The Kier molecular flexibility index (Phi) is 8.71. The van der Waals surface area contributed by atoms with Crippen LogP contribution in [0.3, 0.4) is 0 Å². The quantitative estimate of drug-likeness (QED) is 0.204. The van der Waals surface area contributed by atoms with E-state index in [1.807, 2.05) is 36.4 Å². The molecule has 0 aliphatic carbocycles. The largest absolute Gasteiger partial charge is 0.785 e. The van der Waals surface area contributed by atoms with Gasteiger partial charge < -0.3 is 10.3 Å². The molecule has 0 aliphatic rings. The molecule has 0 fully saturated rings. The summed E-state index contributed by atoms with van der Waals surface area (Å²) in [6.07, 6.45) is 0.390. The van der Waals surface area contributed by atoms with Gasteiger partial charge in [0.1, 0.15) is 0 Å². The molecule has 0 amide bonds. The van der Waals surface area contributed by atoms with E-state index in [0.29, 0.717) is 5.56 Å². The summed E-state index contributed by atoms with van der Waals surface area (Å²) in [5.41, 5.74) is 3.78. The Balaban J connectivity index is 1.52. The number of benzene rings is 3. The van der Waals surface area contributed by atoms with Crippen LogP contribution < -0.4 is 0 Å². The molecule has 0 saturated carbocycles. The maximum Gasteiger partial charge on any atom is 0.416 e. The third-order valence-corrected chi connectivity index (χ3v) is 5.33. The number of rotatable bonds is 8. The molecular weight excluding hydrogens is 423 g/mol. The fourth-order valence-electron chi connectivity index (χ4n) is 3.43. The molecule has 0 bridgehead atoms. The zero-order valence-corrected chi connectivity index (χ0v) is 18.7. The van der Waals surface area contributed by atoms with Crippen LogP contribution in [0.5, 0.6) is 0 Å². The smallest absolute Gasteiger partial charge is 0.416 e. The maximum atomic E-state index is 12.6. The molecule has 0 heterocycles. The summed E-state index contributed by atoms with van der Waals surface area (Å²) in [5.74, 6) is 6.30. The van der Waals surface area contributed by atoms with E-state index in [2.05, 4.69) is 30.9 Å². The molecule has 5 heteroatoms. The van der Waals surface area contributed by atoms with Crippen LogP contribution in [0.25, 0.3) is 0 Å². The second-order valence-corrected chi connectivity index (χ2v) is 8.09. The molecule has 3 aromatic carbocycles. The minimum atomic E-state index is -4.38. The van der Waals surface area contributed by atoms with Crippen LogP contribution in [0.2, 0.25) is 0 Å². The number of hydrogen-bond donors (Lipinski definition) is 0. The SMILES string of the molecule is CCCCCc1ccc(C#Cc2ccc(CN([O-])Cc3ccc(C(F)(F)F)cc3)cc2)cc1. The van der Waals surface area contributed by atoms with Gasteiger partial charge in [0.25, 0.3) is 0 Å². The van der Waals surface area contributed by atoms with Gasteiger partial charge in [-0.2, -0.15) is 13.2 Å². The van der Waals surface area contributed by atoms with E-state index in [4.69, 9.17) is 0 Å². The summed E-state index contributed by atoms with van der Waals surface area (Å²) >= 11 is 0. The number of alkyl halides is 3. The second kappa shape index (κ2) is 11.7. The van der Waals surface area contributed by atoms with Crippen LogP contribution in [0, 0.1) is 17.0 Å². The number of aryl methyl sites for hydroxylation is 1. The Bertz CT molecular complexity index is 1060. The van der Waals surface area contributed by atoms with Crippen LogP contribution in [-0.2, 0) is 25.7 Å². The van der Waals surface area contributed by atoms with Crippen molar-refractivity contribution in [3.63, 3.8) is 0 Å². The first-order valence-corrected chi connectivity index (χ1v) is 11.1. The van der Waals surface area contributed by atoms with Gasteiger partial charge in [0.05, 0.1) is 5.56 Å². The maximum absolute atomic E-state index is 12.6. The molecule has 172 valence electrons. The van der Waals surface area contributed by atoms with Gasteiger partial charge in [-0.3, -0.25) is 0 Å². The topological polar surface area (TPSA) is 26.3 Å². The molecule has 0 saturated heterocycles. The lowest BCUT2D eigenvalue weighted by molar-refractivity contribution is -0.137. The van der Waals surface area contributed by atoms with Crippen LogP contribution in [0.15, 0.2) is 72.8 Å². The zero-order valence-electron chi connectivity index (χ0n) is 18.7. The molecule has 0 aliphatic heterocycles. The first kappa shape index (κ1) is 24.6. The average Bonchev–Trinajstić information content (AvgIpc) is 2.79. The number of unbranched alkanes of at least 4 members (excludes halogenated alkanes) is 2. The predicted octanol–water partition coefficient (Wildman–Crippen LogP) is 7.34. The summed E-state index contributed by atoms with van der Waals surface area (Å²) in [6.45, 7) is 2.37. The second-order valence-electron chi connectivity index (χ2n) is 8.09. The summed E-state index contributed by atoms with van der Waals surface area (Å²) < 4.78 is 37.9. The number of nitrogens with zero attached hydrogens (tertiary/aromatic N) is 1. The van der Waals surface area contributed by atoms with Crippen LogP contribution in [-0.4, -0.2) is 5.06 Å². The van der Waals surface area contributed by atoms with E-state index in [1.54, 1.807) is 0 Å². The average molecular weight is 451 g/mol. The molecule has 0 spiro atoms. The normalized spacial score (nSPS) is 11.3. The van der Waals surface area contributed by atoms with Gasteiger partial charge in [-0.1, -0.05) is 68.0 Å². The molecule has 0 atom stereocenters. The van der Waals surface area contributed by atoms with Crippen molar-refractivity contribution in [2.45, 2.75) is 51.9 Å². The summed E-state index contributed by atoms with van der Waals surface area (Å²) in [7, 11) is 0. The van der Waals surface area contributed by atoms with Crippen LogP contribution in [0.1, 0.15) is 59.6 Å². The third kappa shape index (κ3) is 8.09. The Morgan fingerprint density at radius 1 is 0.697 bits per heavy atom. The van der Waals surface area contributed by atoms with Crippen molar-refractivity contribution in [2.75, 3.05) is 0 Å². The van der Waals surface area contributed by atoms with Crippen molar-refractivity contribution in [1.29, 1.82) is 0 Å². The van der Waals surface area contributed by atoms with E-state index in [9.17, 15) is 18.4 Å². The Labute approximate surface area is 193 Å². The van der Waals surface area contributed by atoms with E-state index < -0.39 is 11.7 Å². The van der Waals surface area contributed by atoms with Gasteiger partial charge in [-0.25, -0.2) is 0 Å². The Hall–Kier alpha value is -3.07. The number of hydroxylamine groups is 2. The molecule has 0 radical (unpaired) electrons. The third-order valence-electron chi connectivity index (χ3n) is 5.33. The number of halogens is 3. The molecular formula is C28H27F3NO-. The van der Waals surface area contributed by atoms with Gasteiger partial charge in [0.2, 0.25) is 0 Å². The van der Waals surface area contributed by atoms with E-state index in [-0.39, 0.29) is 13.1 Å². The van der Waals surface area contributed by atoms with E-state index in [0.717, 1.165) is 40.3 Å². The lowest BCUT2D eigenvalue weighted by Crippen LogP contribution is -2.15. The van der Waals surface area contributed by atoms with Crippen molar-refractivity contribution in [3.8, 4) is 11.8 Å². The highest BCUT2D eigenvalue weighted by atomic mass is 19.4. The molecule has 0 aromatic heterocycles. The van der Waals surface area contributed by atoms with Gasteiger partial charge in [-0.15, -0.1) is 0 Å². The Morgan fingerprint density at radius 2 is 1.15 bits per heavy atom. The van der Waals surface area contributed by atoms with Gasteiger partial charge in [-0.05, 0) is 65.9 Å². The van der Waals surface area contributed by atoms with Gasteiger partial charge >= 0.3 is 6.18 Å². The molecule has 2 nitrogen and oxygen atoms in total. The highest BCUT2D eigenvalue weighted by molar-refractivity contribution is 5.44. The minimum Gasteiger partial charge on any atom is -0.785 e. The first-order valence-electron chi connectivity index (χ1n) is 11.1. The highest BCUT2D eigenvalue weighted by Gasteiger charge is 2.29. The van der Waals surface area contributed by atoms with Gasteiger partial charge in [0.15, 0.2) is 0 Å². The fraction of sp³-hybridized carbons (Fsp3) is 0.286. The van der Waals surface area contributed by atoms with E-state index in [1.165, 1.54) is 37.0 Å². The summed E-state index contributed by atoms with van der Waals surface area (Å²) in [4.78, 5) is 0. The molecule has 3 aromatic rings. The van der Waals surface area contributed by atoms with Crippen molar-refractivity contribution in [2.24, 2.45) is 0 Å². The van der Waals surface area contributed by atoms with Crippen molar-refractivity contribution < 1.29 is 13.2 Å². The first-order chi connectivity index (χ1) is 15.8.